The number of carbonyl (C=O) groups excluding carboxylic acids is 1. The number of hydrogen-bond acceptors (Lipinski definition) is 3. The summed E-state index contributed by atoms with van der Waals surface area (Å²) < 4.78 is 0. The molecule has 1 saturated carbocycles. The molecule has 2 amide bonds. The van der Waals surface area contributed by atoms with Crippen LogP contribution in [-0.2, 0) is 6.54 Å². The lowest BCUT2D eigenvalue weighted by atomic mass is 9.78. The number of aliphatic hydroxyl groups is 1. The third kappa shape index (κ3) is 5.19. The van der Waals surface area contributed by atoms with Crippen LogP contribution in [0.3, 0.4) is 0 Å². The SMILES string of the molecule is C[C@H](O)CCNC(=O)N[C@@H]1CCC[C@H]2CN(Cc3ccccc3)C[C@@H]21. The molecule has 0 spiro atoms. The van der Waals surface area contributed by atoms with Gasteiger partial charge >= 0.3 is 6.03 Å². The number of fused-ring (bicyclic) bond motifs is 1. The minimum absolute atomic E-state index is 0.0900. The van der Waals surface area contributed by atoms with Crippen LogP contribution in [0.2, 0.25) is 0 Å². The summed E-state index contributed by atoms with van der Waals surface area (Å²) in [5.74, 6) is 1.25. The second kappa shape index (κ2) is 8.68. The number of aliphatic hydroxyl groups excluding tert-OH is 1. The molecule has 138 valence electrons. The smallest absolute Gasteiger partial charge is 0.315 e. The maximum absolute atomic E-state index is 12.1. The van der Waals surface area contributed by atoms with Gasteiger partial charge in [0.1, 0.15) is 0 Å². The molecule has 25 heavy (non-hydrogen) atoms. The number of nitrogens with one attached hydrogen (secondary N) is 2. The van der Waals surface area contributed by atoms with Gasteiger partial charge in [0, 0.05) is 32.2 Å². The zero-order chi connectivity index (χ0) is 17.6. The summed E-state index contributed by atoms with van der Waals surface area (Å²) in [6.45, 7) is 5.47. The van der Waals surface area contributed by atoms with Crippen LogP contribution in [0.1, 0.15) is 38.2 Å². The zero-order valence-electron chi connectivity index (χ0n) is 15.2. The fourth-order valence-electron chi connectivity index (χ4n) is 4.33. The molecule has 4 atom stereocenters. The Kier molecular flexibility index (Phi) is 6.32. The summed E-state index contributed by atoms with van der Waals surface area (Å²) in [5, 5.41) is 15.3. The molecule has 3 rings (SSSR count). The largest absolute Gasteiger partial charge is 0.393 e. The first-order chi connectivity index (χ1) is 12.1. The minimum Gasteiger partial charge on any atom is -0.393 e. The summed E-state index contributed by atoms with van der Waals surface area (Å²) >= 11 is 0. The van der Waals surface area contributed by atoms with Crippen LogP contribution in [-0.4, -0.2) is 47.8 Å². The van der Waals surface area contributed by atoms with Gasteiger partial charge in [0.2, 0.25) is 0 Å². The van der Waals surface area contributed by atoms with Crippen LogP contribution in [0.15, 0.2) is 30.3 Å². The molecule has 1 aromatic rings. The Morgan fingerprint density at radius 2 is 2.08 bits per heavy atom. The predicted octanol–water partition coefficient (Wildman–Crippen LogP) is 2.36. The molecule has 2 fully saturated rings. The molecule has 0 bridgehead atoms. The number of carbonyl (C=O) groups is 1. The number of nitrogens with zero attached hydrogens (tertiary/aromatic N) is 1. The second-order valence-corrected chi connectivity index (χ2v) is 7.68. The van der Waals surface area contributed by atoms with Gasteiger partial charge in [-0.1, -0.05) is 36.8 Å². The fraction of sp³-hybridized carbons (Fsp3) is 0.650. The van der Waals surface area contributed by atoms with E-state index in [-0.39, 0.29) is 18.2 Å². The number of likely N-dealkylation sites (tertiary alicyclic amines) is 1. The van der Waals surface area contributed by atoms with E-state index >= 15 is 0 Å². The van der Waals surface area contributed by atoms with Crippen LogP contribution in [0.4, 0.5) is 4.79 Å². The monoisotopic (exact) mass is 345 g/mol. The molecule has 5 nitrogen and oxygen atoms in total. The Hall–Kier alpha value is -1.59. The maximum Gasteiger partial charge on any atom is 0.315 e. The normalized spacial score (nSPS) is 27.5. The van der Waals surface area contributed by atoms with Crippen LogP contribution >= 0.6 is 0 Å². The molecule has 1 heterocycles. The van der Waals surface area contributed by atoms with Crippen LogP contribution in [0.5, 0.6) is 0 Å². The van der Waals surface area contributed by atoms with E-state index in [1.54, 1.807) is 6.92 Å². The van der Waals surface area contributed by atoms with E-state index in [4.69, 9.17) is 0 Å². The Morgan fingerprint density at radius 3 is 2.84 bits per heavy atom. The summed E-state index contributed by atoms with van der Waals surface area (Å²) in [4.78, 5) is 14.7. The molecule has 5 heteroatoms. The van der Waals surface area contributed by atoms with Gasteiger partial charge in [-0.25, -0.2) is 4.79 Å². The molecule has 1 aliphatic heterocycles. The van der Waals surface area contributed by atoms with Gasteiger partial charge in [0.25, 0.3) is 0 Å². The molecule has 3 N–H and O–H groups in total. The van der Waals surface area contributed by atoms with Gasteiger partial charge < -0.3 is 15.7 Å². The van der Waals surface area contributed by atoms with E-state index in [9.17, 15) is 9.90 Å². The van der Waals surface area contributed by atoms with Gasteiger partial charge in [-0.15, -0.1) is 0 Å². The number of hydrogen-bond donors (Lipinski definition) is 3. The molecular formula is C20H31N3O2. The van der Waals surface area contributed by atoms with Crippen molar-refractivity contribution >= 4 is 6.03 Å². The Labute approximate surface area is 150 Å². The fourth-order valence-corrected chi connectivity index (χ4v) is 4.33. The Morgan fingerprint density at radius 1 is 1.28 bits per heavy atom. The van der Waals surface area contributed by atoms with Gasteiger partial charge in [0.15, 0.2) is 0 Å². The minimum atomic E-state index is -0.374. The number of amides is 2. The maximum atomic E-state index is 12.1. The molecule has 0 unspecified atom stereocenters. The third-order valence-corrected chi connectivity index (χ3v) is 5.59. The first-order valence-corrected chi connectivity index (χ1v) is 9.60. The van der Waals surface area contributed by atoms with E-state index in [0.29, 0.717) is 24.8 Å². The second-order valence-electron chi connectivity index (χ2n) is 7.68. The third-order valence-electron chi connectivity index (χ3n) is 5.59. The van der Waals surface area contributed by atoms with Gasteiger partial charge in [-0.2, -0.15) is 0 Å². The lowest BCUT2D eigenvalue weighted by Crippen LogP contribution is -2.49. The van der Waals surface area contributed by atoms with E-state index in [1.807, 2.05) is 0 Å². The van der Waals surface area contributed by atoms with Gasteiger partial charge in [0.05, 0.1) is 6.10 Å². The molecule has 1 aromatic carbocycles. The van der Waals surface area contributed by atoms with E-state index in [0.717, 1.165) is 26.1 Å². The van der Waals surface area contributed by atoms with Crippen molar-refractivity contribution in [3.63, 3.8) is 0 Å². The highest BCUT2D eigenvalue weighted by molar-refractivity contribution is 5.74. The summed E-state index contributed by atoms with van der Waals surface area (Å²) in [5.41, 5.74) is 1.36. The predicted molar refractivity (Wildman–Crippen MR) is 99.2 cm³/mol. The molecule has 0 radical (unpaired) electrons. The highest BCUT2D eigenvalue weighted by Crippen LogP contribution is 2.36. The molecule has 0 aromatic heterocycles. The summed E-state index contributed by atoms with van der Waals surface area (Å²) in [6, 6.07) is 10.8. The summed E-state index contributed by atoms with van der Waals surface area (Å²) in [7, 11) is 0. The van der Waals surface area contributed by atoms with Crippen molar-refractivity contribution in [3.8, 4) is 0 Å². The van der Waals surface area contributed by atoms with Crippen LogP contribution in [0.25, 0.3) is 0 Å². The highest BCUT2D eigenvalue weighted by Gasteiger charge is 2.40. The first kappa shape index (κ1) is 18.2. The van der Waals surface area contributed by atoms with Crippen molar-refractivity contribution in [1.82, 2.24) is 15.5 Å². The van der Waals surface area contributed by atoms with Crippen LogP contribution < -0.4 is 10.6 Å². The average Bonchev–Trinajstić information content (AvgIpc) is 2.99. The van der Waals surface area contributed by atoms with E-state index in [1.165, 1.54) is 18.4 Å². The van der Waals surface area contributed by atoms with Crippen LogP contribution in [0, 0.1) is 11.8 Å². The average molecular weight is 345 g/mol. The molecule has 2 aliphatic rings. The lowest BCUT2D eigenvalue weighted by molar-refractivity contribution is 0.180. The van der Waals surface area contributed by atoms with E-state index in [2.05, 4.69) is 45.9 Å². The van der Waals surface area contributed by atoms with E-state index < -0.39 is 0 Å². The van der Waals surface area contributed by atoms with Crippen molar-refractivity contribution in [3.05, 3.63) is 35.9 Å². The molecule has 1 saturated heterocycles. The summed E-state index contributed by atoms with van der Waals surface area (Å²) in [6.07, 6.45) is 3.76. The Balaban J connectivity index is 1.50. The van der Waals surface area contributed by atoms with Gasteiger partial charge in [-0.05, 0) is 43.6 Å². The molecular weight excluding hydrogens is 314 g/mol. The topological polar surface area (TPSA) is 64.6 Å². The van der Waals surface area contributed by atoms with Crippen molar-refractivity contribution in [2.45, 2.75) is 51.3 Å². The van der Waals surface area contributed by atoms with Gasteiger partial charge in [-0.3, -0.25) is 4.90 Å². The first-order valence-electron chi connectivity index (χ1n) is 9.60. The standard InChI is InChI=1S/C20H31N3O2/c1-15(24)10-11-21-20(25)22-19-9-5-8-17-13-23(14-18(17)19)12-16-6-3-2-4-7-16/h2-4,6-7,15,17-19,24H,5,8-14H2,1H3,(H2,21,22,25)/t15-,17-,18-,19+/m0/s1. The quantitative estimate of drug-likeness (QED) is 0.742. The number of urea groups is 1. The Bertz CT molecular complexity index is 549. The zero-order valence-corrected chi connectivity index (χ0v) is 15.2. The highest BCUT2D eigenvalue weighted by atomic mass is 16.3. The van der Waals surface area contributed by atoms with Crippen molar-refractivity contribution in [2.75, 3.05) is 19.6 Å². The molecule has 1 aliphatic carbocycles. The number of rotatable bonds is 6. The van der Waals surface area contributed by atoms with Crippen molar-refractivity contribution in [1.29, 1.82) is 0 Å². The van der Waals surface area contributed by atoms with Crippen molar-refractivity contribution in [2.24, 2.45) is 11.8 Å². The number of benzene rings is 1. The van der Waals surface area contributed by atoms with Crippen molar-refractivity contribution < 1.29 is 9.90 Å². The lowest BCUT2D eigenvalue weighted by Gasteiger charge is -2.33.